The van der Waals surface area contributed by atoms with Crippen LogP contribution in [0.1, 0.15) is 24.1 Å². The number of rotatable bonds is 4. The van der Waals surface area contributed by atoms with Crippen molar-refractivity contribution in [3.63, 3.8) is 0 Å². The van der Waals surface area contributed by atoms with E-state index in [-0.39, 0.29) is 5.56 Å². The van der Waals surface area contributed by atoms with E-state index in [1.807, 2.05) is 0 Å². The van der Waals surface area contributed by atoms with Crippen LogP contribution in [0.15, 0.2) is 24.3 Å². The van der Waals surface area contributed by atoms with Crippen molar-refractivity contribution in [2.45, 2.75) is 19.9 Å². The minimum Gasteiger partial charge on any atom is -0.508 e. The highest BCUT2D eigenvalue weighted by molar-refractivity contribution is 6.66. The van der Waals surface area contributed by atoms with E-state index in [9.17, 15) is 33.2 Å². The van der Waals surface area contributed by atoms with E-state index in [0.717, 1.165) is 38.1 Å². The summed E-state index contributed by atoms with van der Waals surface area (Å²) in [7, 11) is 0. The highest BCUT2D eigenvalue weighted by Gasteiger charge is 2.33. The lowest BCUT2D eigenvalue weighted by Gasteiger charge is -2.28. The number of phenols is 1. The van der Waals surface area contributed by atoms with Gasteiger partial charge in [0, 0.05) is 17.7 Å². The van der Waals surface area contributed by atoms with Gasteiger partial charge in [0.15, 0.2) is 11.6 Å². The van der Waals surface area contributed by atoms with Gasteiger partial charge in [-0.15, -0.1) is 0 Å². The predicted octanol–water partition coefficient (Wildman–Crippen LogP) is 4.95. The highest BCUT2D eigenvalue weighted by atomic mass is 35.5. The molecule has 0 heterocycles. The maximum absolute atomic E-state index is 14.3. The fourth-order valence-corrected chi connectivity index (χ4v) is 2.79. The molecule has 0 saturated heterocycles. The van der Waals surface area contributed by atoms with Crippen LogP contribution in [0, 0.1) is 34.5 Å². The molecule has 0 bridgehead atoms. The van der Waals surface area contributed by atoms with Gasteiger partial charge in [0.2, 0.25) is 0 Å². The number of aryl methyl sites for hydroxylation is 1. The number of hydrogen-bond donors (Lipinski definition) is 1. The second kappa shape index (κ2) is 7.20. The second-order valence-corrected chi connectivity index (χ2v) is 5.77. The number of benzene rings is 2. The summed E-state index contributed by atoms with van der Waals surface area (Å²) in [5.41, 5.74) is -2.26. The number of nitrogens with zero attached hydrogens (tertiary/aromatic N) is 2. The fraction of sp³-hybridized carbons (Fsp3) is 0.188. The lowest BCUT2D eigenvalue weighted by molar-refractivity contribution is -0.384. The van der Waals surface area contributed by atoms with Crippen LogP contribution in [-0.4, -0.2) is 15.4 Å². The Morgan fingerprint density at radius 3 is 2.42 bits per heavy atom. The molecule has 1 amide bonds. The summed E-state index contributed by atoms with van der Waals surface area (Å²) in [6.45, 7) is 2.27. The fourth-order valence-electron chi connectivity index (χ4n) is 2.55. The van der Waals surface area contributed by atoms with Gasteiger partial charge in [0.1, 0.15) is 17.3 Å². The van der Waals surface area contributed by atoms with Gasteiger partial charge in [0.05, 0.1) is 11.0 Å². The maximum Gasteiger partial charge on any atom is 0.321 e. The SMILES string of the molecule is Cc1cc(F)c(C(C)N(C(=O)Cl)c2cc(O)ccc2[N+](=O)[O-])c(F)c1F. The van der Waals surface area contributed by atoms with Crippen molar-refractivity contribution in [2.24, 2.45) is 0 Å². The number of nitro groups is 1. The third-order valence-corrected chi connectivity index (χ3v) is 3.97. The highest BCUT2D eigenvalue weighted by Crippen LogP contribution is 2.39. The molecule has 0 fully saturated rings. The van der Waals surface area contributed by atoms with Crippen molar-refractivity contribution in [3.05, 3.63) is 63.0 Å². The lowest BCUT2D eigenvalue weighted by Crippen LogP contribution is -2.31. The third-order valence-electron chi connectivity index (χ3n) is 3.79. The Morgan fingerprint density at radius 2 is 1.88 bits per heavy atom. The van der Waals surface area contributed by atoms with Crippen LogP contribution in [-0.2, 0) is 0 Å². The number of nitro benzene ring substituents is 1. The summed E-state index contributed by atoms with van der Waals surface area (Å²) >= 11 is 5.47. The van der Waals surface area contributed by atoms with E-state index < -0.39 is 56.5 Å². The van der Waals surface area contributed by atoms with Crippen molar-refractivity contribution in [1.82, 2.24) is 0 Å². The average Bonchev–Trinajstić information content (AvgIpc) is 2.52. The minimum atomic E-state index is -1.55. The molecule has 1 atom stereocenters. The van der Waals surface area contributed by atoms with E-state index in [2.05, 4.69) is 0 Å². The van der Waals surface area contributed by atoms with Crippen molar-refractivity contribution >= 4 is 28.3 Å². The first kappa shape index (κ1) is 19.5. The van der Waals surface area contributed by atoms with Gasteiger partial charge in [-0.1, -0.05) is 0 Å². The summed E-state index contributed by atoms with van der Waals surface area (Å²) in [6, 6.07) is 1.92. The molecule has 0 spiro atoms. The van der Waals surface area contributed by atoms with Crippen molar-refractivity contribution < 1.29 is 28.0 Å². The average molecular weight is 389 g/mol. The van der Waals surface area contributed by atoms with E-state index in [1.54, 1.807) is 0 Å². The van der Waals surface area contributed by atoms with Gasteiger partial charge >= 0.3 is 5.37 Å². The molecule has 1 N–H and O–H groups in total. The zero-order chi connectivity index (χ0) is 19.8. The number of phenolic OH excluding ortho intramolecular Hbond substituents is 1. The molecule has 6 nitrogen and oxygen atoms in total. The molecule has 0 aromatic heterocycles. The summed E-state index contributed by atoms with van der Waals surface area (Å²) in [4.78, 5) is 22.7. The molecule has 2 aromatic carbocycles. The van der Waals surface area contributed by atoms with Crippen molar-refractivity contribution in [2.75, 3.05) is 4.90 Å². The Labute approximate surface area is 150 Å². The van der Waals surface area contributed by atoms with E-state index in [4.69, 9.17) is 11.6 Å². The molecule has 0 aliphatic carbocycles. The topological polar surface area (TPSA) is 83.7 Å². The van der Waals surface area contributed by atoms with E-state index in [0.29, 0.717) is 4.90 Å². The van der Waals surface area contributed by atoms with Crippen LogP contribution in [0.4, 0.5) is 29.3 Å². The van der Waals surface area contributed by atoms with Crippen LogP contribution >= 0.6 is 11.6 Å². The molecule has 26 heavy (non-hydrogen) atoms. The van der Waals surface area contributed by atoms with E-state index >= 15 is 0 Å². The molecule has 2 aromatic rings. The normalized spacial score (nSPS) is 11.9. The van der Waals surface area contributed by atoms with Crippen LogP contribution < -0.4 is 4.90 Å². The van der Waals surface area contributed by atoms with E-state index in [1.165, 1.54) is 0 Å². The van der Waals surface area contributed by atoms with Crippen molar-refractivity contribution in [3.8, 4) is 5.75 Å². The first-order valence-electron chi connectivity index (χ1n) is 7.16. The third kappa shape index (κ3) is 3.43. The Bertz CT molecular complexity index is 908. The van der Waals surface area contributed by atoms with Gasteiger partial charge in [-0.2, -0.15) is 0 Å². The largest absolute Gasteiger partial charge is 0.508 e. The number of carbonyl (C=O) groups excluding carboxylic acids is 1. The molecule has 1 unspecified atom stereocenters. The zero-order valence-corrected chi connectivity index (χ0v) is 14.2. The summed E-state index contributed by atoms with van der Waals surface area (Å²) < 4.78 is 42.4. The second-order valence-electron chi connectivity index (χ2n) is 5.45. The van der Waals surface area contributed by atoms with Gasteiger partial charge in [-0.25, -0.2) is 13.2 Å². The molecule has 0 saturated carbocycles. The van der Waals surface area contributed by atoms with Gasteiger partial charge < -0.3 is 5.11 Å². The summed E-state index contributed by atoms with van der Waals surface area (Å²) in [6.07, 6.45) is 0. The number of hydrogen-bond acceptors (Lipinski definition) is 4. The van der Waals surface area contributed by atoms with Crippen LogP contribution in [0.3, 0.4) is 0 Å². The Hall–Kier alpha value is -2.81. The predicted molar refractivity (Wildman–Crippen MR) is 88.0 cm³/mol. The van der Waals surface area contributed by atoms with Crippen LogP contribution in [0.25, 0.3) is 0 Å². The van der Waals surface area contributed by atoms with Gasteiger partial charge in [-0.3, -0.25) is 19.8 Å². The Kier molecular flexibility index (Phi) is 5.41. The maximum atomic E-state index is 14.3. The van der Waals surface area contributed by atoms with Crippen molar-refractivity contribution in [1.29, 1.82) is 0 Å². The van der Waals surface area contributed by atoms with Crippen LogP contribution in [0.2, 0.25) is 0 Å². The molecule has 138 valence electrons. The minimum absolute atomic E-state index is 0.289. The summed E-state index contributed by atoms with van der Waals surface area (Å²) in [5.74, 6) is -4.46. The van der Waals surface area contributed by atoms with Gasteiger partial charge in [-0.05, 0) is 43.1 Å². The number of carbonyl (C=O) groups is 1. The lowest BCUT2D eigenvalue weighted by atomic mass is 10.0. The quantitative estimate of drug-likeness (QED) is 0.264. The first-order chi connectivity index (χ1) is 12.1. The molecule has 0 radical (unpaired) electrons. The Balaban J connectivity index is 2.71. The number of aromatic hydroxyl groups is 1. The zero-order valence-electron chi connectivity index (χ0n) is 13.5. The first-order valence-corrected chi connectivity index (χ1v) is 7.54. The molecular formula is C16H12ClF3N2O4. The molecule has 2 rings (SSSR count). The Morgan fingerprint density at radius 1 is 1.27 bits per heavy atom. The number of amides is 1. The monoisotopic (exact) mass is 388 g/mol. The molecular weight excluding hydrogens is 377 g/mol. The number of halogens is 4. The standard InChI is InChI=1S/C16H12ClF3N2O4/c1-7-5-10(18)13(15(20)14(7)19)8(2)21(16(17)24)12-6-9(23)3-4-11(12)22(25)26/h3-6,8,23H,1-2H3. The smallest absolute Gasteiger partial charge is 0.321 e. The van der Waals surface area contributed by atoms with Crippen LogP contribution in [0.5, 0.6) is 5.75 Å². The molecule has 10 heteroatoms. The molecule has 0 aliphatic rings. The van der Waals surface area contributed by atoms with Gasteiger partial charge in [0.25, 0.3) is 5.69 Å². The molecule has 0 aliphatic heterocycles. The number of anilines is 1. The summed E-state index contributed by atoms with van der Waals surface area (Å²) in [5, 5.41) is 19.5.